The quantitative estimate of drug-likeness (QED) is 0.0837. The Morgan fingerprint density at radius 1 is 0.788 bits per heavy atom. The van der Waals surface area contributed by atoms with Crippen molar-refractivity contribution >= 4 is 42.4 Å². The van der Waals surface area contributed by atoms with Gasteiger partial charge >= 0.3 is 18.0 Å². The van der Waals surface area contributed by atoms with Crippen molar-refractivity contribution < 1.29 is 43.8 Å². The van der Waals surface area contributed by atoms with Crippen LogP contribution in [-0.4, -0.2) is 90.8 Å². The highest BCUT2D eigenvalue weighted by molar-refractivity contribution is 5.84. The minimum atomic E-state index is -1.33. The molecule has 186 valence electrons. The minimum absolute atomic E-state index is 0.00161. The van der Waals surface area contributed by atoms with E-state index in [2.05, 4.69) is 26.6 Å². The molecule has 4 amide bonds. The highest BCUT2D eigenvalue weighted by Gasteiger charge is 2.21. The molecule has 0 aliphatic carbocycles. The first kappa shape index (κ1) is 29.5. The number of aldehydes is 2. The summed E-state index contributed by atoms with van der Waals surface area (Å²) < 4.78 is 0. The van der Waals surface area contributed by atoms with Crippen molar-refractivity contribution in [2.24, 2.45) is 0 Å². The zero-order chi connectivity index (χ0) is 25.2. The zero-order valence-corrected chi connectivity index (χ0v) is 18.3. The second-order valence-electron chi connectivity index (χ2n) is 6.95. The van der Waals surface area contributed by atoms with Crippen LogP contribution in [0.1, 0.15) is 38.5 Å². The van der Waals surface area contributed by atoms with Crippen molar-refractivity contribution in [3.63, 3.8) is 0 Å². The van der Waals surface area contributed by atoms with Gasteiger partial charge in [-0.2, -0.15) is 0 Å². The lowest BCUT2D eigenvalue weighted by Crippen LogP contribution is -2.49. The number of carboxylic acids is 2. The molecule has 0 rings (SSSR count). The SMILES string of the molecule is CNC(CCC(=O)NCCNC(=O)CCC(C=O)NC(=O)NC(CCC=O)C(=O)O)C(=O)O. The average Bonchev–Trinajstić information content (AvgIpc) is 2.76. The normalized spacial score (nSPS) is 13.0. The van der Waals surface area contributed by atoms with Crippen LogP contribution in [-0.2, 0) is 28.8 Å². The predicted octanol–water partition coefficient (Wildman–Crippen LogP) is -2.25. The van der Waals surface area contributed by atoms with Crippen molar-refractivity contribution in [3.05, 3.63) is 0 Å². The lowest BCUT2D eigenvalue weighted by atomic mass is 10.1. The van der Waals surface area contributed by atoms with Crippen LogP contribution < -0.4 is 26.6 Å². The number of carboxylic acid groups (broad SMARTS) is 2. The average molecular weight is 473 g/mol. The summed E-state index contributed by atoms with van der Waals surface area (Å²) >= 11 is 0. The number of carbonyl (C=O) groups excluding carboxylic acids is 5. The van der Waals surface area contributed by atoms with Crippen LogP contribution in [0.15, 0.2) is 0 Å². The van der Waals surface area contributed by atoms with Crippen LogP contribution in [0.25, 0.3) is 0 Å². The van der Waals surface area contributed by atoms with Crippen LogP contribution in [0.2, 0.25) is 0 Å². The number of hydrogen-bond acceptors (Lipinski definition) is 8. The smallest absolute Gasteiger partial charge is 0.326 e. The van der Waals surface area contributed by atoms with Crippen LogP contribution in [0.5, 0.6) is 0 Å². The van der Waals surface area contributed by atoms with Gasteiger partial charge in [-0.25, -0.2) is 9.59 Å². The van der Waals surface area contributed by atoms with Gasteiger partial charge in [0.05, 0.1) is 6.04 Å². The number of amides is 4. The van der Waals surface area contributed by atoms with Gasteiger partial charge in [0.25, 0.3) is 0 Å². The Balaban J connectivity index is 4.18. The van der Waals surface area contributed by atoms with E-state index in [4.69, 9.17) is 10.2 Å². The lowest BCUT2D eigenvalue weighted by Gasteiger charge is -2.17. The van der Waals surface area contributed by atoms with E-state index in [0.29, 0.717) is 12.6 Å². The maximum absolute atomic E-state index is 11.9. The topological polar surface area (TPSA) is 220 Å². The van der Waals surface area contributed by atoms with E-state index in [1.54, 1.807) is 0 Å². The molecular weight excluding hydrogens is 442 g/mol. The highest BCUT2D eigenvalue weighted by atomic mass is 16.4. The van der Waals surface area contributed by atoms with Crippen LogP contribution >= 0.6 is 0 Å². The Bertz CT molecular complexity index is 701. The molecule has 0 aromatic carbocycles. The molecule has 0 bridgehead atoms. The maximum atomic E-state index is 11.9. The van der Waals surface area contributed by atoms with Gasteiger partial charge < -0.3 is 46.4 Å². The van der Waals surface area contributed by atoms with E-state index in [1.807, 2.05) is 0 Å². The van der Waals surface area contributed by atoms with E-state index in [0.717, 1.165) is 0 Å². The fourth-order valence-corrected chi connectivity index (χ4v) is 2.57. The Kier molecular flexibility index (Phi) is 15.2. The summed E-state index contributed by atoms with van der Waals surface area (Å²) in [4.78, 5) is 78.8. The molecule has 7 N–H and O–H groups in total. The third-order valence-corrected chi connectivity index (χ3v) is 4.42. The van der Waals surface area contributed by atoms with Gasteiger partial charge in [-0.15, -0.1) is 0 Å². The standard InChI is InChI=1S/C19H31N5O9/c1-20-13(17(29)30)5-7-16(28)22-9-8-21-15(27)6-4-12(11-26)23-19(33)24-14(18(31)32)3-2-10-25/h10-14,20H,2-9H2,1H3,(H,21,27)(H,22,28)(H,29,30)(H,31,32)(H2,23,24,33). The zero-order valence-electron chi connectivity index (χ0n) is 18.3. The van der Waals surface area contributed by atoms with Gasteiger partial charge in [0.2, 0.25) is 11.8 Å². The molecule has 0 saturated carbocycles. The van der Waals surface area contributed by atoms with E-state index in [9.17, 15) is 33.6 Å². The van der Waals surface area contributed by atoms with Crippen molar-refractivity contribution in [2.45, 2.75) is 56.7 Å². The molecule has 0 aromatic rings. The monoisotopic (exact) mass is 473 g/mol. The Morgan fingerprint density at radius 2 is 1.33 bits per heavy atom. The largest absolute Gasteiger partial charge is 0.480 e. The van der Waals surface area contributed by atoms with Crippen molar-refractivity contribution in [3.8, 4) is 0 Å². The molecule has 0 aliphatic rings. The summed E-state index contributed by atoms with van der Waals surface area (Å²) in [5, 5.41) is 29.9. The number of urea groups is 1. The van der Waals surface area contributed by atoms with Gasteiger partial charge in [-0.1, -0.05) is 0 Å². The molecular formula is C19H31N5O9. The first-order valence-electron chi connectivity index (χ1n) is 10.3. The Morgan fingerprint density at radius 3 is 1.79 bits per heavy atom. The molecule has 0 aromatic heterocycles. The molecule has 3 atom stereocenters. The van der Waals surface area contributed by atoms with Crippen LogP contribution in [0, 0.1) is 0 Å². The van der Waals surface area contributed by atoms with Crippen molar-refractivity contribution in [2.75, 3.05) is 20.1 Å². The summed E-state index contributed by atoms with van der Waals surface area (Å²) in [5.41, 5.74) is 0. The number of hydrogen-bond donors (Lipinski definition) is 7. The summed E-state index contributed by atoms with van der Waals surface area (Å²) in [6, 6.07) is -4.08. The van der Waals surface area contributed by atoms with Crippen LogP contribution in [0.4, 0.5) is 4.79 Å². The highest BCUT2D eigenvalue weighted by Crippen LogP contribution is 1.99. The number of nitrogens with one attached hydrogen (secondary N) is 5. The molecule has 0 aliphatic heterocycles. The molecule has 0 radical (unpaired) electrons. The first-order valence-corrected chi connectivity index (χ1v) is 10.3. The van der Waals surface area contributed by atoms with Crippen LogP contribution in [0.3, 0.4) is 0 Å². The number of rotatable bonds is 18. The summed E-state index contributed by atoms with van der Waals surface area (Å²) in [5.74, 6) is -3.19. The fraction of sp³-hybridized carbons (Fsp3) is 0.632. The number of carbonyl (C=O) groups is 7. The van der Waals surface area contributed by atoms with E-state index < -0.39 is 42.0 Å². The van der Waals surface area contributed by atoms with Gasteiger partial charge in [-0.3, -0.25) is 14.4 Å². The summed E-state index contributed by atoms with van der Waals surface area (Å²) in [6.45, 7) is 0.229. The Hall–Kier alpha value is -3.55. The van der Waals surface area contributed by atoms with E-state index in [-0.39, 0.29) is 57.5 Å². The molecule has 0 heterocycles. The van der Waals surface area contributed by atoms with Crippen molar-refractivity contribution in [1.29, 1.82) is 0 Å². The number of aliphatic carboxylic acids is 2. The second-order valence-corrected chi connectivity index (χ2v) is 6.95. The molecule has 3 unspecified atom stereocenters. The predicted molar refractivity (Wildman–Crippen MR) is 113 cm³/mol. The number of likely N-dealkylation sites (N-methyl/N-ethyl adjacent to an activating group) is 1. The summed E-state index contributed by atoms with van der Waals surface area (Å²) in [7, 11) is 1.48. The minimum Gasteiger partial charge on any atom is -0.480 e. The van der Waals surface area contributed by atoms with Crippen molar-refractivity contribution in [1.82, 2.24) is 26.6 Å². The lowest BCUT2D eigenvalue weighted by molar-refractivity contribution is -0.140. The fourth-order valence-electron chi connectivity index (χ4n) is 2.57. The molecule has 33 heavy (non-hydrogen) atoms. The first-order chi connectivity index (χ1) is 15.6. The molecule has 0 fully saturated rings. The second kappa shape index (κ2) is 17.1. The molecule has 0 spiro atoms. The van der Waals surface area contributed by atoms with Gasteiger partial charge in [0, 0.05) is 32.4 Å². The van der Waals surface area contributed by atoms with Gasteiger partial charge in [0.15, 0.2) is 0 Å². The van der Waals surface area contributed by atoms with E-state index >= 15 is 0 Å². The van der Waals surface area contributed by atoms with E-state index in [1.165, 1.54) is 7.05 Å². The molecule has 14 heteroatoms. The van der Waals surface area contributed by atoms with Gasteiger partial charge in [0.1, 0.15) is 24.7 Å². The molecule has 14 nitrogen and oxygen atoms in total. The Labute approximate surface area is 190 Å². The summed E-state index contributed by atoms with van der Waals surface area (Å²) in [6.07, 6.45) is 0.715. The molecule has 0 saturated heterocycles. The van der Waals surface area contributed by atoms with Gasteiger partial charge in [-0.05, 0) is 26.3 Å². The third kappa shape index (κ3) is 14.2. The third-order valence-electron chi connectivity index (χ3n) is 4.42. The maximum Gasteiger partial charge on any atom is 0.326 e.